The summed E-state index contributed by atoms with van der Waals surface area (Å²) in [7, 11) is 1.33. The molecule has 0 saturated heterocycles. The first-order chi connectivity index (χ1) is 12.5. The van der Waals surface area contributed by atoms with Crippen LogP contribution in [0.1, 0.15) is 49.0 Å². The first-order valence-electron chi connectivity index (χ1n) is 8.78. The third kappa shape index (κ3) is 5.09. The second-order valence-corrected chi connectivity index (χ2v) is 7.68. The van der Waals surface area contributed by atoms with Gasteiger partial charge in [0.05, 0.1) is 12.8 Å². The van der Waals surface area contributed by atoms with Crippen molar-refractivity contribution in [2.45, 2.75) is 38.5 Å². The molecule has 3 rings (SSSR count). The highest BCUT2D eigenvalue weighted by Gasteiger charge is 2.33. The van der Waals surface area contributed by atoms with E-state index in [0.29, 0.717) is 29.5 Å². The van der Waals surface area contributed by atoms with Gasteiger partial charge < -0.3 is 20.8 Å². The van der Waals surface area contributed by atoms with Crippen molar-refractivity contribution in [3.05, 3.63) is 23.3 Å². The van der Waals surface area contributed by atoms with Gasteiger partial charge in [-0.2, -0.15) is 0 Å². The van der Waals surface area contributed by atoms with Crippen molar-refractivity contribution in [3.8, 4) is 11.3 Å². The second kappa shape index (κ2) is 9.34. The Labute approximate surface area is 168 Å². The number of nitrogens with two attached hydrogens (primary N) is 1. The van der Waals surface area contributed by atoms with E-state index in [4.69, 9.17) is 5.73 Å². The van der Waals surface area contributed by atoms with Crippen LogP contribution in [0.3, 0.4) is 0 Å². The number of halogens is 1. The molecule has 4 N–H and O–H groups in total. The maximum Gasteiger partial charge on any atom is 0.354 e. The Bertz CT molecular complexity index is 783. The van der Waals surface area contributed by atoms with Crippen LogP contribution in [-0.4, -0.2) is 35.5 Å². The summed E-state index contributed by atoms with van der Waals surface area (Å²) in [6.45, 7) is 0.545. The zero-order chi connectivity index (χ0) is 18.6. The number of nitrogens with one attached hydrogen (secondary N) is 2. The number of esters is 1. The number of carbonyl (C=O) groups is 2. The second-order valence-electron chi connectivity index (χ2n) is 6.82. The maximum absolute atomic E-state index is 12.5. The molecule has 2 aromatic heterocycles. The van der Waals surface area contributed by atoms with Gasteiger partial charge in [-0.15, -0.1) is 23.7 Å². The molecule has 1 aliphatic carbocycles. The quantitative estimate of drug-likeness (QED) is 0.628. The fourth-order valence-corrected chi connectivity index (χ4v) is 4.23. The molecular formula is C18H25ClN4O3S. The van der Waals surface area contributed by atoms with E-state index in [1.54, 1.807) is 12.3 Å². The molecule has 1 aliphatic rings. The van der Waals surface area contributed by atoms with Crippen LogP contribution in [0.5, 0.6) is 0 Å². The minimum Gasteiger partial charge on any atom is -0.464 e. The number of methoxy groups -OCH3 is 1. The molecule has 0 aromatic carbocycles. The molecule has 148 valence electrons. The first kappa shape index (κ1) is 21.4. The van der Waals surface area contributed by atoms with Gasteiger partial charge in [0.1, 0.15) is 5.69 Å². The lowest BCUT2D eigenvalue weighted by Crippen LogP contribution is -2.36. The highest BCUT2D eigenvalue weighted by atomic mass is 35.5. The van der Waals surface area contributed by atoms with Gasteiger partial charge in [0.25, 0.3) is 0 Å². The normalized spacial score (nSPS) is 15.6. The average Bonchev–Trinajstić information content (AvgIpc) is 3.31. The smallest absolute Gasteiger partial charge is 0.354 e. The van der Waals surface area contributed by atoms with Crippen LogP contribution in [0.2, 0.25) is 0 Å². The summed E-state index contributed by atoms with van der Waals surface area (Å²) < 4.78 is 4.68. The molecule has 0 radical (unpaired) electrons. The highest BCUT2D eigenvalue weighted by molar-refractivity contribution is 7.14. The summed E-state index contributed by atoms with van der Waals surface area (Å²) in [4.78, 5) is 31.3. The van der Waals surface area contributed by atoms with Gasteiger partial charge in [0.15, 0.2) is 5.13 Å². The molecule has 0 spiro atoms. The molecule has 0 atom stereocenters. The van der Waals surface area contributed by atoms with E-state index in [-0.39, 0.29) is 23.7 Å². The molecule has 7 nitrogen and oxygen atoms in total. The Morgan fingerprint density at radius 3 is 2.78 bits per heavy atom. The number of anilines is 1. The minimum atomic E-state index is -0.431. The van der Waals surface area contributed by atoms with E-state index >= 15 is 0 Å². The van der Waals surface area contributed by atoms with E-state index in [9.17, 15) is 9.59 Å². The molecule has 0 bridgehead atoms. The number of amides is 1. The standard InChI is InChI=1S/C18H24N4O3S.ClH/c1-25-16(24)13-7-12(9-20-13)14-10-26-17(21-14)22-15(23)8-18(11-19)5-3-2-4-6-18;/h7,9-10,20H,2-6,8,11,19H2,1H3,(H,21,22,23);1H. The van der Waals surface area contributed by atoms with Gasteiger partial charge >= 0.3 is 5.97 Å². The molecule has 1 fully saturated rings. The van der Waals surface area contributed by atoms with E-state index < -0.39 is 5.97 Å². The van der Waals surface area contributed by atoms with Gasteiger partial charge in [0.2, 0.25) is 5.91 Å². The van der Waals surface area contributed by atoms with Gasteiger partial charge in [-0.25, -0.2) is 9.78 Å². The van der Waals surface area contributed by atoms with Gasteiger partial charge in [0, 0.05) is 23.6 Å². The number of hydrogen-bond acceptors (Lipinski definition) is 6. The lowest BCUT2D eigenvalue weighted by molar-refractivity contribution is -0.118. The van der Waals surface area contributed by atoms with Crippen molar-refractivity contribution >= 4 is 40.8 Å². The van der Waals surface area contributed by atoms with Crippen LogP contribution < -0.4 is 11.1 Å². The predicted octanol–water partition coefficient (Wildman–Crippen LogP) is 3.58. The van der Waals surface area contributed by atoms with Crippen molar-refractivity contribution in [1.29, 1.82) is 0 Å². The van der Waals surface area contributed by atoms with Crippen LogP contribution in [0.15, 0.2) is 17.6 Å². The average molecular weight is 413 g/mol. The number of thiazole rings is 1. The first-order valence-corrected chi connectivity index (χ1v) is 9.66. The summed E-state index contributed by atoms with van der Waals surface area (Å²) in [5, 5.41) is 5.29. The van der Waals surface area contributed by atoms with Crippen molar-refractivity contribution < 1.29 is 14.3 Å². The Hall–Kier alpha value is -1.90. The van der Waals surface area contributed by atoms with Gasteiger partial charge in [-0.05, 0) is 30.9 Å². The van der Waals surface area contributed by atoms with Crippen molar-refractivity contribution in [2.75, 3.05) is 19.0 Å². The van der Waals surface area contributed by atoms with Crippen LogP contribution in [0.25, 0.3) is 11.3 Å². The van der Waals surface area contributed by atoms with Crippen molar-refractivity contribution in [2.24, 2.45) is 11.1 Å². The molecule has 2 heterocycles. The Morgan fingerprint density at radius 2 is 2.11 bits per heavy atom. The fourth-order valence-electron chi connectivity index (χ4n) is 3.49. The molecule has 0 aliphatic heterocycles. The van der Waals surface area contributed by atoms with Crippen LogP contribution in [0.4, 0.5) is 5.13 Å². The number of H-pyrrole nitrogens is 1. The summed E-state index contributed by atoms with van der Waals surface area (Å²) in [5.74, 6) is -0.470. The maximum atomic E-state index is 12.5. The monoisotopic (exact) mass is 412 g/mol. The number of rotatable bonds is 6. The Balaban J connectivity index is 0.00000261. The molecule has 27 heavy (non-hydrogen) atoms. The fraction of sp³-hybridized carbons (Fsp3) is 0.500. The summed E-state index contributed by atoms with van der Waals surface area (Å²) in [5.41, 5.74) is 7.73. The third-order valence-electron chi connectivity index (χ3n) is 5.02. The molecule has 9 heteroatoms. The number of nitrogens with zero attached hydrogens (tertiary/aromatic N) is 1. The summed E-state index contributed by atoms with van der Waals surface area (Å²) in [6, 6.07) is 1.68. The SMILES string of the molecule is COC(=O)c1cc(-c2csc(NC(=O)CC3(CN)CCCCC3)n2)c[nH]1.Cl. The number of ether oxygens (including phenoxy) is 1. The lowest BCUT2D eigenvalue weighted by atomic mass is 9.72. The van der Waals surface area contributed by atoms with Crippen LogP contribution >= 0.6 is 23.7 Å². The highest BCUT2D eigenvalue weighted by Crippen LogP contribution is 2.38. The zero-order valence-electron chi connectivity index (χ0n) is 15.2. The van der Waals surface area contributed by atoms with Crippen LogP contribution in [0, 0.1) is 5.41 Å². The number of hydrogen-bond donors (Lipinski definition) is 3. The summed E-state index contributed by atoms with van der Waals surface area (Å²) >= 11 is 1.36. The molecule has 1 amide bonds. The molecule has 2 aromatic rings. The van der Waals surface area contributed by atoms with Gasteiger partial charge in [-0.3, -0.25) is 4.79 Å². The van der Waals surface area contributed by atoms with E-state index in [0.717, 1.165) is 31.2 Å². The molecule has 0 unspecified atom stereocenters. The van der Waals surface area contributed by atoms with Crippen molar-refractivity contribution in [3.63, 3.8) is 0 Å². The lowest BCUT2D eigenvalue weighted by Gasteiger charge is -2.35. The largest absolute Gasteiger partial charge is 0.464 e. The third-order valence-corrected chi connectivity index (χ3v) is 5.78. The Kier molecular flexibility index (Phi) is 7.41. The minimum absolute atomic E-state index is 0. The Morgan fingerprint density at radius 1 is 1.37 bits per heavy atom. The zero-order valence-corrected chi connectivity index (χ0v) is 16.9. The van der Waals surface area contributed by atoms with E-state index in [1.165, 1.54) is 24.9 Å². The number of aromatic nitrogens is 2. The predicted molar refractivity (Wildman–Crippen MR) is 108 cm³/mol. The number of aromatic amines is 1. The van der Waals surface area contributed by atoms with E-state index in [2.05, 4.69) is 20.0 Å². The van der Waals surface area contributed by atoms with Crippen LogP contribution in [-0.2, 0) is 9.53 Å². The molecule has 1 saturated carbocycles. The van der Waals surface area contributed by atoms with E-state index in [1.807, 2.05) is 5.38 Å². The van der Waals surface area contributed by atoms with Gasteiger partial charge in [-0.1, -0.05) is 19.3 Å². The molecular weight excluding hydrogens is 388 g/mol. The summed E-state index contributed by atoms with van der Waals surface area (Å²) in [6.07, 6.45) is 7.67. The topological polar surface area (TPSA) is 110 Å². The van der Waals surface area contributed by atoms with Crippen molar-refractivity contribution in [1.82, 2.24) is 9.97 Å². The number of carbonyl (C=O) groups excluding carboxylic acids is 2.